The summed E-state index contributed by atoms with van der Waals surface area (Å²) in [5, 5.41) is 0. The second-order valence-corrected chi connectivity index (χ2v) is 2.03. The molecule has 0 aliphatic carbocycles. The van der Waals surface area contributed by atoms with Crippen molar-refractivity contribution in [1.82, 2.24) is 0 Å². The number of carbonyl (C=O) groups excluding carboxylic acids is 1. The molecule has 0 heterocycles. The minimum absolute atomic E-state index is 0. The monoisotopic (exact) mass is 138 g/mol. The van der Waals surface area contributed by atoms with Crippen LogP contribution in [0.2, 0.25) is 0 Å². The average Bonchev–Trinajstić information content (AvgIpc) is 1.89. The summed E-state index contributed by atoms with van der Waals surface area (Å²) in [6.07, 6.45) is 4.64. The van der Waals surface area contributed by atoms with E-state index < -0.39 is 0 Å². The Morgan fingerprint density at radius 3 is 2.60 bits per heavy atom. The molecule has 0 fully saturated rings. The molecule has 0 saturated heterocycles. The van der Waals surface area contributed by atoms with Crippen molar-refractivity contribution in [3.8, 4) is 0 Å². The molecule has 0 aromatic heterocycles. The van der Waals surface area contributed by atoms with Crippen LogP contribution in [0.25, 0.3) is 0 Å². The third-order valence-corrected chi connectivity index (χ3v) is 1.18. The number of hydrogen-bond donors (Lipinski definition) is 0. The van der Waals surface area contributed by atoms with E-state index in [-0.39, 0.29) is 20.3 Å². The van der Waals surface area contributed by atoms with Gasteiger partial charge in [0.05, 0.1) is 6.61 Å². The van der Waals surface area contributed by atoms with Gasteiger partial charge >= 0.3 is 18.9 Å². The third-order valence-electron chi connectivity index (χ3n) is 1.18. The average molecular weight is 138 g/mol. The molecular formula is C7H15LiO2. The van der Waals surface area contributed by atoms with E-state index in [1.165, 1.54) is 19.3 Å². The molecule has 0 N–H and O–H groups in total. The molecule has 56 valence electrons. The maximum Gasteiger partial charge on any atom is 1.00 e. The molecule has 3 heteroatoms. The normalized spacial score (nSPS) is 8.10. The molecular weight excluding hydrogens is 123 g/mol. The van der Waals surface area contributed by atoms with Crippen molar-refractivity contribution < 1.29 is 29.8 Å². The van der Waals surface area contributed by atoms with Gasteiger partial charge in [-0.05, 0) is 6.42 Å². The largest absolute Gasteiger partial charge is 1.00 e. The van der Waals surface area contributed by atoms with Crippen LogP contribution in [-0.4, -0.2) is 13.1 Å². The van der Waals surface area contributed by atoms with Crippen molar-refractivity contribution in [3.63, 3.8) is 0 Å². The second kappa shape index (κ2) is 11.8. The van der Waals surface area contributed by atoms with E-state index in [0.717, 1.165) is 6.42 Å². The van der Waals surface area contributed by atoms with Crippen LogP contribution in [0.1, 0.15) is 34.0 Å². The van der Waals surface area contributed by atoms with Crippen LogP contribution in [0.15, 0.2) is 0 Å². The fourth-order valence-corrected chi connectivity index (χ4v) is 0.660. The van der Waals surface area contributed by atoms with Crippen molar-refractivity contribution in [1.29, 1.82) is 0 Å². The molecule has 0 atom stereocenters. The SMILES string of the molecule is CCCCCCOC=O.[H-].[Li+]. The van der Waals surface area contributed by atoms with E-state index in [2.05, 4.69) is 11.7 Å². The van der Waals surface area contributed by atoms with E-state index in [1.54, 1.807) is 0 Å². The second-order valence-electron chi connectivity index (χ2n) is 2.03. The van der Waals surface area contributed by atoms with Gasteiger partial charge in [-0.3, -0.25) is 4.79 Å². The molecule has 10 heavy (non-hydrogen) atoms. The molecule has 0 unspecified atom stereocenters. The van der Waals surface area contributed by atoms with Crippen LogP contribution in [0.5, 0.6) is 0 Å². The summed E-state index contributed by atoms with van der Waals surface area (Å²) >= 11 is 0. The summed E-state index contributed by atoms with van der Waals surface area (Å²) in [7, 11) is 0. The molecule has 0 rings (SSSR count). The predicted octanol–water partition coefficient (Wildman–Crippen LogP) is -1.14. The molecule has 0 radical (unpaired) electrons. The first-order chi connectivity index (χ1) is 4.41. The molecule has 0 aliphatic heterocycles. The van der Waals surface area contributed by atoms with Gasteiger partial charge in [0.15, 0.2) is 0 Å². The zero-order valence-electron chi connectivity index (χ0n) is 7.93. The van der Waals surface area contributed by atoms with Gasteiger partial charge < -0.3 is 6.16 Å². The van der Waals surface area contributed by atoms with E-state index in [9.17, 15) is 4.79 Å². The minimum atomic E-state index is 0. The van der Waals surface area contributed by atoms with Crippen molar-refractivity contribution in [2.24, 2.45) is 0 Å². The fourth-order valence-electron chi connectivity index (χ4n) is 0.660. The van der Waals surface area contributed by atoms with E-state index in [4.69, 9.17) is 0 Å². The Labute approximate surface area is 76.0 Å². The molecule has 0 spiro atoms. The zero-order valence-corrected chi connectivity index (χ0v) is 6.93. The van der Waals surface area contributed by atoms with Crippen molar-refractivity contribution in [3.05, 3.63) is 0 Å². The van der Waals surface area contributed by atoms with E-state index in [1.807, 2.05) is 0 Å². The summed E-state index contributed by atoms with van der Waals surface area (Å²) in [4.78, 5) is 9.62. The topological polar surface area (TPSA) is 26.3 Å². The van der Waals surface area contributed by atoms with E-state index in [0.29, 0.717) is 13.1 Å². The first-order valence-electron chi connectivity index (χ1n) is 3.47. The Bertz CT molecular complexity index is 71.5. The maximum atomic E-state index is 9.62. The molecule has 0 aromatic carbocycles. The molecule has 0 aliphatic rings. The standard InChI is InChI=1S/C7H14O2.Li.H/c1-2-3-4-5-6-9-7-8;;/h7H,2-6H2,1H3;;/q;+1;-1. The van der Waals surface area contributed by atoms with Crippen molar-refractivity contribution >= 4 is 6.47 Å². The molecule has 0 aromatic rings. The van der Waals surface area contributed by atoms with Crippen molar-refractivity contribution in [2.45, 2.75) is 32.6 Å². The minimum Gasteiger partial charge on any atom is -1.00 e. The molecule has 0 saturated carbocycles. The Morgan fingerprint density at radius 1 is 1.40 bits per heavy atom. The Hall–Kier alpha value is 0.0674. The van der Waals surface area contributed by atoms with Gasteiger partial charge in [0, 0.05) is 0 Å². The van der Waals surface area contributed by atoms with Gasteiger partial charge in [-0.15, -0.1) is 0 Å². The quantitative estimate of drug-likeness (QED) is 0.263. The van der Waals surface area contributed by atoms with Gasteiger partial charge in [0.2, 0.25) is 0 Å². The third kappa shape index (κ3) is 10.9. The number of carbonyl (C=O) groups is 1. The van der Waals surface area contributed by atoms with Crippen LogP contribution < -0.4 is 18.9 Å². The smallest absolute Gasteiger partial charge is 1.00 e. The first-order valence-corrected chi connectivity index (χ1v) is 3.47. The Kier molecular flexibility index (Phi) is 15.0. The summed E-state index contributed by atoms with van der Waals surface area (Å²) in [5.74, 6) is 0. The number of rotatable bonds is 6. The van der Waals surface area contributed by atoms with Crippen LogP contribution in [0.3, 0.4) is 0 Å². The van der Waals surface area contributed by atoms with Crippen molar-refractivity contribution in [2.75, 3.05) is 6.61 Å². The molecule has 2 nitrogen and oxygen atoms in total. The van der Waals surface area contributed by atoms with E-state index >= 15 is 0 Å². The molecule has 0 amide bonds. The van der Waals surface area contributed by atoms with Gasteiger partial charge in [0.1, 0.15) is 0 Å². The van der Waals surface area contributed by atoms with Crippen LogP contribution in [0, 0.1) is 0 Å². The summed E-state index contributed by atoms with van der Waals surface area (Å²) < 4.78 is 4.50. The Balaban J connectivity index is -0.000000320. The van der Waals surface area contributed by atoms with Gasteiger partial charge in [-0.2, -0.15) is 0 Å². The fraction of sp³-hybridized carbons (Fsp3) is 0.857. The molecule has 0 bridgehead atoms. The first kappa shape index (κ1) is 12.7. The number of hydrogen-bond acceptors (Lipinski definition) is 2. The number of unbranched alkanes of at least 4 members (excludes halogenated alkanes) is 3. The predicted molar refractivity (Wildman–Crippen MR) is 37.3 cm³/mol. The van der Waals surface area contributed by atoms with Gasteiger partial charge in [-0.1, -0.05) is 26.2 Å². The summed E-state index contributed by atoms with van der Waals surface area (Å²) in [5.41, 5.74) is 0. The van der Waals surface area contributed by atoms with Crippen LogP contribution >= 0.6 is 0 Å². The van der Waals surface area contributed by atoms with Gasteiger partial charge in [-0.25, -0.2) is 0 Å². The number of ether oxygens (including phenoxy) is 1. The summed E-state index contributed by atoms with van der Waals surface area (Å²) in [6.45, 7) is 3.25. The zero-order chi connectivity index (χ0) is 6.95. The summed E-state index contributed by atoms with van der Waals surface area (Å²) in [6, 6.07) is 0. The Morgan fingerprint density at radius 2 is 2.10 bits per heavy atom. The van der Waals surface area contributed by atoms with Crippen LogP contribution in [0.4, 0.5) is 0 Å². The maximum absolute atomic E-state index is 9.62. The van der Waals surface area contributed by atoms with Crippen LogP contribution in [-0.2, 0) is 9.53 Å². The van der Waals surface area contributed by atoms with Gasteiger partial charge in [0.25, 0.3) is 6.47 Å².